The van der Waals surface area contributed by atoms with Crippen molar-refractivity contribution in [1.82, 2.24) is 14.8 Å². The van der Waals surface area contributed by atoms with Crippen LogP contribution in [0.2, 0.25) is 5.02 Å². The van der Waals surface area contributed by atoms with E-state index < -0.39 is 0 Å². The van der Waals surface area contributed by atoms with E-state index in [1.54, 1.807) is 10.9 Å². The van der Waals surface area contributed by atoms with Gasteiger partial charge in [0.05, 0.1) is 22.8 Å². The Kier molecular flexibility index (Phi) is 4.00. The molecule has 0 aromatic carbocycles. The van der Waals surface area contributed by atoms with Gasteiger partial charge in [-0.1, -0.05) is 17.7 Å². The number of Topliss-reactive ketones (excluding diaryl/α,β-unsaturated/α-hetero) is 1. The molecule has 2 rings (SSSR count). The molecule has 0 fully saturated rings. The molecule has 0 saturated heterocycles. The number of rotatable bonds is 4. The zero-order valence-corrected chi connectivity index (χ0v) is 12.0. The van der Waals surface area contributed by atoms with E-state index in [0.717, 1.165) is 17.0 Å². The Bertz CT molecular complexity index is 619. The normalized spacial score (nSPS) is 10.7. The maximum absolute atomic E-state index is 12.3. The van der Waals surface area contributed by atoms with Crippen LogP contribution >= 0.6 is 11.6 Å². The van der Waals surface area contributed by atoms with E-state index in [9.17, 15) is 4.79 Å². The molecule has 100 valence electrons. The van der Waals surface area contributed by atoms with Crippen LogP contribution in [0, 0.1) is 13.8 Å². The highest BCUT2D eigenvalue weighted by molar-refractivity contribution is 6.32. The van der Waals surface area contributed by atoms with Gasteiger partial charge in [-0.05, 0) is 32.4 Å². The molecule has 2 aromatic rings. The lowest BCUT2D eigenvalue weighted by Gasteiger charge is -2.06. The van der Waals surface area contributed by atoms with Gasteiger partial charge in [0.1, 0.15) is 5.69 Å². The van der Waals surface area contributed by atoms with Crippen LogP contribution < -0.4 is 0 Å². The predicted molar refractivity (Wildman–Crippen MR) is 74.7 cm³/mol. The molecule has 5 heteroatoms. The Hall–Kier alpha value is -1.68. The summed E-state index contributed by atoms with van der Waals surface area (Å²) in [4.78, 5) is 16.4. The third kappa shape index (κ3) is 2.68. The smallest absolute Gasteiger partial charge is 0.187 e. The highest BCUT2D eigenvalue weighted by atomic mass is 35.5. The number of hydrogen-bond donors (Lipinski definition) is 0. The maximum Gasteiger partial charge on any atom is 0.187 e. The van der Waals surface area contributed by atoms with Crippen molar-refractivity contribution in [3.63, 3.8) is 0 Å². The largest absolute Gasteiger partial charge is 0.292 e. The summed E-state index contributed by atoms with van der Waals surface area (Å²) < 4.78 is 1.77. The Morgan fingerprint density at radius 2 is 2.16 bits per heavy atom. The van der Waals surface area contributed by atoms with Crippen LogP contribution in [-0.4, -0.2) is 20.5 Å². The number of nitrogens with zero attached hydrogens (tertiary/aromatic N) is 3. The van der Waals surface area contributed by atoms with Gasteiger partial charge in [0.15, 0.2) is 5.78 Å². The zero-order valence-electron chi connectivity index (χ0n) is 11.3. The number of ketones is 1. The van der Waals surface area contributed by atoms with E-state index in [-0.39, 0.29) is 12.2 Å². The fourth-order valence-corrected chi connectivity index (χ4v) is 2.25. The summed E-state index contributed by atoms with van der Waals surface area (Å²) in [6.07, 6.45) is 1.86. The molecule has 0 amide bonds. The third-order valence-electron chi connectivity index (χ3n) is 3.05. The summed E-state index contributed by atoms with van der Waals surface area (Å²) in [7, 11) is 0. The Balaban J connectivity index is 2.32. The minimum Gasteiger partial charge on any atom is -0.292 e. The summed E-state index contributed by atoms with van der Waals surface area (Å²) in [6, 6.07) is 3.70. The van der Waals surface area contributed by atoms with E-state index in [1.165, 1.54) is 0 Å². The minimum atomic E-state index is -0.0328. The predicted octanol–water partition coefficient (Wildman–Crippen LogP) is 2.99. The molecule has 0 unspecified atom stereocenters. The van der Waals surface area contributed by atoms with Crippen LogP contribution in [0.3, 0.4) is 0 Å². The number of halogens is 1. The molecule has 19 heavy (non-hydrogen) atoms. The lowest BCUT2D eigenvalue weighted by Crippen LogP contribution is -2.12. The van der Waals surface area contributed by atoms with E-state index >= 15 is 0 Å². The van der Waals surface area contributed by atoms with Crippen LogP contribution in [-0.2, 0) is 13.0 Å². The van der Waals surface area contributed by atoms with Gasteiger partial charge in [0.2, 0.25) is 0 Å². The van der Waals surface area contributed by atoms with Crippen LogP contribution in [0.25, 0.3) is 0 Å². The molecular formula is C14H16ClN3O. The van der Waals surface area contributed by atoms with Gasteiger partial charge in [0.25, 0.3) is 0 Å². The monoisotopic (exact) mass is 277 g/mol. The van der Waals surface area contributed by atoms with Crippen molar-refractivity contribution in [3.05, 3.63) is 46.0 Å². The lowest BCUT2D eigenvalue weighted by molar-refractivity contribution is 0.0985. The third-order valence-corrected chi connectivity index (χ3v) is 3.55. The quantitative estimate of drug-likeness (QED) is 0.807. The van der Waals surface area contributed by atoms with Gasteiger partial charge in [0, 0.05) is 12.7 Å². The maximum atomic E-state index is 12.3. The summed E-state index contributed by atoms with van der Waals surface area (Å²) in [5.41, 5.74) is 2.89. The molecule has 0 radical (unpaired) electrons. The van der Waals surface area contributed by atoms with Crippen molar-refractivity contribution in [2.45, 2.75) is 33.7 Å². The number of aromatic nitrogens is 3. The molecule has 2 heterocycles. The van der Waals surface area contributed by atoms with Crippen LogP contribution in [0.1, 0.15) is 34.4 Å². The summed E-state index contributed by atoms with van der Waals surface area (Å²) >= 11 is 6.21. The Labute approximate surface area is 117 Å². The fourth-order valence-electron chi connectivity index (χ4n) is 2.05. The van der Waals surface area contributed by atoms with Gasteiger partial charge in [-0.25, -0.2) is 0 Å². The molecular weight excluding hydrogens is 262 g/mol. The topological polar surface area (TPSA) is 47.8 Å². The number of carbonyl (C=O) groups is 1. The van der Waals surface area contributed by atoms with Gasteiger partial charge < -0.3 is 0 Å². The SMILES string of the molecule is CCn1nc(C)c(Cl)c1CC(=O)c1ncccc1C. The molecule has 0 aliphatic rings. The average Bonchev–Trinajstić information content (AvgIpc) is 2.67. The molecule has 0 saturated carbocycles. The number of hydrogen-bond acceptors (Lipinski definition) is 3. The number of aryl methyl sites for hydroxylation is 3. The van der Waals surface area contributed by atoms with Crippen LogP contribution in [0.4, 0.5) is 0 Å². The molecule has 0 aliphatic heterocycles. The first kappa shape index (κ1) is 13.7. The summed E-state index contributed by atoms with van der Waals surface area (Å²) in [5, 5.41) is 4.88. The number of carbonyl (C=O) groups excluding carboxylic acids is 1. The second-order valence-corrected chi connectivity index (χ2v) is 4.81. The Morgan fingerprint density at radius 3 is 2.79 bits per heavy atom. The van der Waals surface area contributed by atoms with E-state index in [1.807, 2.05) is 32.9 Å². The molecule has 2 aromatic heterocycles. The highest BCUT2D eigenvalue weighted by Crippen LogP contribution is 2.22. The highest BCUT2D eigenvalue weighted by Gasteiger charge is 2.18. The minimum absolute atomic E-state index is 0.0328. The van der Waals surface area contributed by atoms with Gasteiger partial charge in [-0.15, -0.1) is 0 Å². The molecule has 0 bridgehead atoms. The van der Waals surface area contributed by atoms with Crippen molar-refractivity contribution in [3.8, 4) is 0 Å². The zero-order chi connectivity index (χ0) is 14.0. The molecule has 0 N–H and O–H groups in total. The lowest BCUT2D eigenvalue weighted by atomic mass is 10.1. The van der Waals surface area contributed by atoms with Crippen molar-refractivity contribution >= 4 is 17.4 Å². The van der Waals surface area contributed by atoms with Gasteiger partial charge in [-0.3, -0.25) is 14.5 Å². The first-order valence-corrected chi connectivity index (χ1v) is 6.59. The van der Waals surface area contributed by atoms with Gasteiger partial charge >= 0.3 is 0 Å². The summed E-state index contributed by atoms with van der Waals surface area (Å²) in [6.45, 7) is 6.39. The molecule has 0 atom stereocenters. The molecule has 0 spiro atoms. The van der Waals surface area contributed by atoms with E-state index in [0.29, 0.717) is 17.3 Å². The van der Waals surface area contributed by atoms with Crippen LogP contribution in [0.5, 0.6) is 0 Å². The van der Waals surface area contributed by atoms with Crippen LogP contribution in [0.15, 0.2) is 18.3 Å². The van der Waals surface area contributed by atoms with Crippen molar-refractivity contribution in [2.75, 3.05) is 0 Å². The Morgan fingerprint density at radius 1 is 1.42 bits per heavy atom. The average molecular weight is 278 g/mol. The first-order valence-electron chi connectivity index (χ1n) is 6.21. The van der Waals surface area contributed by atoms with E-state index in [2.05, 4.69) is 10.1 Å². The number of pyridine rings is 1. The summed E-state index contributed by atoms with van der Waals surface area (Å²) in [5.74, 6) is -0.0328. The van der Waals surface area contributed by atoms with E-state index in [4.69, 9.17) is 11.6 Å². The molecule has 4 nitrogen and oxygen atoms in total. The second kappa shape index (κ2) is 5.53. The fraction of sp³-hybridized carbons (Fsp3) is 0.357. The van der Waals surface area contributed by atoms with Crippen molar-refractivity contribution in [1.29, 1.82) is 0 Å². The van der Waals surface area contributed by atoms with Gasteiger partial charge in [-0.2, -0.15) is 5.10 Å². The second-order valence-electron chi connectivity index (χ2n) is 4.43. The first-order chi connectivity index (χ1) is 9.04. The van der Waals surface area contributed by atoms with Crippen molar-refractivity contribution in [2.24, 2.45) is 0 Å². The standard InChI is InChI=1S/C14H16ClN3O/c1-4-18-11(13(15)10(3)17-18)8-12(19)14-9(2)6-5-7-16-14/h5-7H,4,8H2,1-3H3. The van der Waals surface area contributed by atoms with Crippen molar-refractivity contribution < 1.29 is 4.79 Å². The molecule has 0 aliphatic carbocycles.